The molecule has 5 heteroatoms. The summed E-state index contributed by atoms with van der Waals surface area (Å²) in [4.78, 5) is 12.9. The summed E-state index contributed by atoms with van der Waals surface area (Å²) in [5.41, 5.74) is 2.15. The van der Waals surface area contributed by atoms with Gasteiger partial charge >= 0.3 is 0 Å². The van der Waals surface area contributed by atoms with Crippen molar-refractivity contribution in [1.29, 1.82) is 0 Å². The first kappa shape index (κ1) is 23.8. The van der Waals surface area contributed by atoms with Crippen molar-refractivity contribution in [1.82, 2.24) is 0 Å². The van der Waals surface area contributed by atoms with Crippen molar-refractivity contribution in [2.45, 2.75) is 81.1 Å². The van der Waals surface area contributed by atoms with Gasteiger partial charge in [-0.3, -0.25) is 4.79 Å². The Morgan fingerprint density at radius 2 is 1.93 bits per heavy atom. The largest absolute Gasteiger partial charge is 0.388 e. The van der Waals surface area contributed by atoms with Crippen molar-refractivity contribution in [3.63, 3.8) is 0 Å². The average Bonchev–Trinajstić information content (AvgIpc) is 3.32. The maximum atomic E-state index is 10.9. The van der Waals surface area contributed by atoms with Crippen molar-refractivity contribution in [2.24, 2.45) is 5.92 Å². The summed E-state index contributed by atoms with van der Waals surface area (Å²) < 4.78 is -0.737. The van der Waals surface area contributed by atoms with Crippen molar-refractivity contribution < 1.29 is 9.90 Å². The van der Waals surface area contributed by atoms with Gasteiger partial charge in [0, 0.05) is 10.8 Å². The minimum atomic E-state index is -0.737. The molecular weight excluding hydrogens is 435 g/mol. The van der Waals surface area contributed by atoms with E-state index in [1.807, 2.05) is 18.2 Å². The number of aryl methyl sites for hydroxylation is 1. The first-order valence-electron chi connectivity index (χ1n) is 11.1. The Morgan fingerprint density at radius 1 is 1.17 bits per heavy atom. The SMILES string of the molecule is CCCCCC(O)c1ccc([C@@H]2[C@@H](CCCc3ccc(C=O)s3)CCC2(Cl)Cl)cc1. The summed E-state index contributed by atoms with van der Waals surface area (Å²) in [6.07, 6.45) is 9.66. The van der Waals surface area contributed by atoms with E-state index in [4.69, 9.17) is 23.2 Å². The Bertz CT molecular complexity index is 800. The number of benzene rings is 1. The Morgan fingerprint density at radius 3 is 2.60 bits per heavy atom. The van der Waals surface area contributed by atoms with Crippen molar-refractivity contribution in [3.05, 3.63) is 57.3 Å². The monoisotopic (exact) mass is 466 g/mol. The highest BCUT2D eigenvalue weighted by Gasteiger charge is 2.46. The van der Waals surface area contributed by atoms with Gasteiger partial charge in [0.15, 0.2) is 6.29 Å². The molecule has 1 aliphatic carbocycles. The zero-order chi connectivity index (χ0) is 21.6. The normalized spacial score (nSPS) is 21.6. The fourth-order valence-electron chi connectivity index (χ4n) is 4.68. The lowest BCUT2D eigenvalue weighted by molar-refractivity contribution is 0.112. The Balaban J connectivity index is 1.61. The lowest BCUT2D eigenvalue weighted by atomic mass is 9.84. The summed E-state index contributed by atoms with van der Waals surface area (Å²) in [5.74, 6) is 0.562. The highest BCUT2D eigenvalue weighted by Crippen LogP contribution is 2.55. The summed E-state index contributed by atoms with van der Waals surface area (Å²) in [6.45, 7) is 2.17. The second-order valence-corrected chi connectivity index (χ2v) is 11.3. The molecule has 30 heavy (non-hydrogen) atoms. The van der Waals surface area contributed by atoms with Crippen LogP contribution in [0, 0.1) is 5.92 Å². The fourth-order valence-corrected chi connectivity index (χ4v) is 6.38. The van der Waals surface area contributed by atoms with Gasteiger partial charge in [-0.1, -0.05) is 50.5 Å². The number of carbonyl (C=O) groups excluding carboxylic acids is 1. The Hall–Kier alpha value is -0.870. The number of hydrogen-bond acceptors (Lipinski definition) is 3. The van der Waals surface area contributed by atoms with E-state index >= 15 is 0 Å². The van der Waals surface area contributed by atoms with Crippen molar-refractivity contribution in [3.8, 4) is 0 Å². The first-order valence-corrected chi connectivity index (χ1v) is 12.7. The molecule has 0 saturated heterocycles. The molecule has 164 valence electrons. The predicted molar refractivity (Wildman–Crippen MR) is 128 cm³/mol. The van der Waals surface area contributed by atoms with Crippen LogP contribution in [0.4, 0.5) is 0 Å². The number of alkyl halides is 2. The lowest BCUT2D eigenvalue weighted by Gasteiger charge is -2.28. The zero-order valence-electron chi connectivity index (χ0n) is 17.7. The molecular formula is C25H32Cl2O2S. The molecule has 0 aliphatic heterocycles. The molecule has 0 spiro atoms. The number of halogens is 2. The second kappa shape index (κ2) is 11.1. The molecule has 1 aromatic heterocycles. The average molecular weight is 468 g/mol. The second-order valence-electron chi connectivity index (χ2n) is 8.53. The standard InChI is InChI=1S/C25H32Cl2O2S/c1-2-3-4-8-23(29)18-9-11-20(12-10-18)24-19(15-16-25(24,26)27)6-5-7-21-13-14-22(17-28)30-21/h9-14,17,19,23-24,29H,2-8,15-16H2,1H3/t19-,23?,24-/m0/s1. The third kappa shape index (κ3) is 6.09. The molecule has 1 unspecified atom stereocenters. The van der Waals surface area contributed by atoms with Crippen LogP contribution in [-0.4, -0.2) is 15.7 Å². The van der Waals surface area contributed by atoms with E-state index in [0.717, 1.165) is 74.5 Å². The molecule has 0 radical (unpaired) electrons. The topological polar surface area (TPSA) is 37.3 Å². The molecule has 3 atom stereocenters. The minimum absolute atomic E-state index is 0.112. The molecule has 1 fully saturated rings. The van der Waals surface area contributed by atoms with Gasteiger partial charge in [0.2, 0.25) is 0 Å². The van der Waals surface area contributed by atoms with E-state index in [0.29, 0.717) is 5.92 Å². The summed E-state index contributed by atoms with van der Waals surface area (Å²) >= 11 is 15.1. The number of aliphatic hydroxyl groups is 1. The van der Waals surface area contributed by atoms with E-state index in [2.05, 4.69) is 25.1 Å². The molecule has 0 amide bonds. The van der Waals surface area contributed by atoms with Crippen LogP contribution in [0.3, 0.4) is 0 Å². The Kier molecular flexibility index (Phi) is 8.82. The number of thiophene rings is 1. The zero-order valence-corrected chi connectivity index (χ0v) is 20.0. The van der Waals surface area contributed by atoms with Crippen LogP contribution in [-0.2, 0) is 6.42 Å². The van der Waals surface area contributed by atoms with Gasteiger partial charge in [0.1, 0.15) is 4.33 Å². The first-order chi connectivity index (χ1) is 14.4. The number of rotatable bonds is 11. The van der Waals surface area contributed by atoms with Crippen LogP contribution in [0.25, 0.3) is 0 Å². The number of aldehydes is 1. The molecule has 3 rings (SSSR count). The van der Waals surface area contributed by atoms with Gasteiger partial charge in [-0.2, -0.15) is 0 Å². The molecule has 0 bridgehead atoms. The lowest BCUT2D eigenvalue weighted by Crippen LogP contribution is -2.21. The van der Waals surface area contributed by atoms with E-state index < -0.39 is 10.4 Å². The van der Waals surface area contributed by atoms with Crippen LogP contribution in [0.15, 0.2) is 36.4 Å². The smallest absolute Gasteiger partial charge is 0.160 e. The fraction of sp³-hybridized carbons (Fsp3) is 0.560. The number of unbranched alkanes of at least 4 members (excludes halogenated alkanes) is 2. The highest BCUT2D eigenvalue weighted by molar-refractivity contribution is 7.13. The van der Waals surface area contributed by atoms with Gasteiger partial charge in [-0.05, 0) is 67.7 Å². The van der Waals surface area contributed by atoms with Gasteiger partial charge in [0.05, 0.1) is 11.0 Å². The van der Waals surface area contributed by atoms with Gasteiger partial charge in [-0.15, -0.1) is 34.5 Å². The summed E-state index contributed by atoms with van der Waals surface area (Å²) in [6, 6.07) is 12.2. The van der Waals surface area contributed by atoms with Gasteiger partial charge in [0.25, 0.3) is 0 Å². The molecule has 1 N–H and O–H groups in total. The molecule has 2 aromatic rings. The van der Waals surface area contributed by atoms with Crippen LogP contribution < -0.4 is 0 Å². The number of carbonyl (C=O) groups is 1. The quantitative estimate of drug-likeness (QED) is 0.207. The van der Waals surface area contributed by atoms with E-state index in [1.165, 1.54) is 10.4 Å². The maximum Gasteiger partial charge on any atom is 0.160 e. The van der Waals surface area contributed by atoms with E-state index in [9.17, 15) is 9.90 Å². The molecule has 1 aromatic carbocycles. The summed E-state index contributed by atoms with van der Waals surface area (Å²) in [5, 5.41) is 10.4. The van der Waals surface area contributed by atoms with Crippen molar-refractivity contribution in [2.75, 3.05) is 0 Å². The van der Waals surface area contributed by atoms with Gasteiger partial charge < -0.3 is 5.11 Å². The highest BCUT2D eigenvalue weighted by atomic mass is 35.5. The predicted octanol–water partition coefficient (Wildman–Crippen LogP) is 7.86. The van der Waals surface area contributed by atoms with Crippen LogP contribution in [0.5, 0.6) is 0 Å². The van der Waals surface area contributed by atoms with E-state index in [-0.39, 0.29) is 5.92 Å². The van der Waals surface area contributed by atoms with Crippen LogP contribution in [0.2, 0.25) is 0 Å². The summed E-state index contributed by atoms with van der Waals surface area (Å²) in [7, 11) is 0. The molecule has 1 saturated carbocycles. The minimum Gasteiger partial charge on any atom is -0.388 e. The van der Waals surface area contributed by atoms with Crippen LogP contribution in [0.1, 0.15) is 96.0 Å². The van der Waals surface area contributed by atoms with E-state index in [1.54, 1.807) is 11.3 Å². The van der Waals surface area contributed by atoms with Gasteiger partial charge in [-0.25, -0.2) is 0 Å². The maximum absolute atomic E-state index is 10.9. The molecule has 1 heterocycles. The third-order valence-electron chi connectivity index (χ3n) is 6.33. The Labute approximate surface area is 194 Å². The van der Waals surface area contributed by atoms with Crippen molar-refractivity contribution >= 4 is 40.8 Å². The van der Waals surface area contributed by atoms with Crippen LogP contribution >= 0.6 is 34.5 Å². The number of hydrogen-bond donors (Lipinski definition) is 1. The third-order valence-corrected chi connectivity index (χ3v) is 8.25. The molecule has 2 nitrogen and oxygen atoms in total. The molecule has 1 aliphatic rings. The number of aliphatic hydroxyl groups excluding tert-OH is 1.